The highest BCUT2D eigenvalue weighted by molar-refractivity contribution is 5.93. The van der Waals surface area contributed by atoms with Gasteiger partial charge in [0.1, 0.15) is 0 Å². The Morgan fingerprint density at radius 2 is 2.12 bits per heavy atom. The third-order valence-electron chi connectivity index (χ3n) is 2.16. The van der Waals surface area contributed by atoms with Crippen molar-refractivity contribution in [2.24, 2.45) is 0 Å². The van der Waals surface area contributed by atoms with Crippen LogP contribution in [-0.4, -0.2) is 15.3 Å². The third-order valence-corrected chi connectivity index (χ3v) is 2.16. The monoisotopic (exact) mass is 212 g/mol. The summed E-state index contributed by atoms with van der Waals surface area (Å²) in [6.45, 7) is 0.337. The van der Waals surface area contributed by atoms with E-state index in [1.807, 2.05) is 36.4 Å². The van der Waals surface area contributed by atoms with E-state index in [0.717, 1.165) is 5.56 Å². The molecule has 0 aliphatic rings. The van der Waals surface area contributed by atoms with E-state index in [4.69, 9.17) is 0 Å². The average molecular weight is 212 g/mol. The summed E-state index contributed by atoms with van der Waals surface area (Å²) in [6.07, 6.45) is 8.48. The van der Waals surface area contributed by atoms with Crippen LogP contribution in [0.5, 0.6) is 0 Å². The summed E-state index contributed by atoms with van der Waals surface area (Å²) in [5.74, 6) is 0.0573. The molecule has 2 aromatic rings. The van der Waals surface area contributed by atoms with Gasteiger partial charge in [0.05, 0.1) is 12.9 Å². The van der Waals surface area contributed by atoms with Crippen molar-refractivity contribution < 1.29 is 4.79 Å². The molecule has 1 aromatic heterocycles. The normalized spacial score (nSPS) is 10.8. The van der Waals surface area contributed by atoms with E-state index < -0.39 is 0 Å². The van der Waals surface area contributed by atoms with Gasteiger partial charge in [-0.25, -0.2) is 4.98 Å². The fraction of sp³-hybridized carbons (Fsp3) is 0.0769. The van der Waals surface area contributed by atoms with Crippen LogP contribution in [0.2, 0.25) is 0 Å². The molecule has 3 heteroatoms. The van der Waals surface area contributed by atoms with Gasteiger partial charge in [-0.2, -0.15) is 0 Å². The number of rotatable bonds is 4. The number of aromatic nitrogens is 2. The minimum atomic E-state index is 0.0573. The van der Waals surface area contributed by atoms with Crippen molar-refractivity contribution in [1.29, 1.82) is 0 Å². The van der Waals surface area contributed by atoms with Crippen LogP contribution in [0.15, 0.2) is 55.1 Å². The van der Waals surface area contributed by atoms with Crippen molar-refractivity contribution in [1.82, 2.24) is 9.55 Å². The minimum absolute atomic E-state index is 0.0573. The van der Waals surface area contributed by atoms with Gasteiger partial charge in [0.2, 0.25) is 0 Å². The second-order valence-corrected chi connectivity index (χ2v) is 3.45. The predicted molar refractivity (Wildman–Crippen MR) is 62.7 cm³/mol. The van der Waals surface area contributed by atoms with E-state index in [9.17, 15) is 4.79 Å². The summed E-state index contributed by atoms with van der Waals surface area (Å²) in [6, 6.07) is 9.76. The molecule has 0 aliphatic carbocycles. The van der Waals surface area contributed by atoms with Crippen molar-refractivity contribution in [2.75, 3.05) is 0 Å². The third kappa shape index (κ3) is 2.92. The molecule has 16 heavy (non-hydrogen) atoms. The smallest absolute Gasteiger partial charge is 0.175 e. The molecule has 0 saturated heterocycles. The Labute approximate surface area is 94.1 Å². The molecule has 1 aromatic carbocycles. The Kier molecular flexibility index (Phi) is 3.28. The zero-order chi connectivity index (χ0) is 11.2. The van der Waals surface area contributed by atoms with E-state index in [1.54, 1.807) is 29.4 Å². The highest BCUT2D eigenvalue weighted by atomic mass is 16.1. The number of hydrogen-bond acceptors (Lipinski definition) is 2. The zero-order valence-corrected chi connectivity index (χ0v) is 8.78. The highest BCUT2D eigenvalue weighted by Gasteiger charge is 1.97. The van der Waals surface area contributed by atoms with Gasteiger partial charge in [-0.3, -0.25) is 4.79 Å². The molecular formula is C13H12N2O. The number of carbonyl (C=O) groups is 1. The fourth-order valence-electron chi connectivity index (χ4n) is 1.37. The van der Waals surface area contributed by atoms with Crippen LogP contribution in [0.4, 0.5) is 0 Å². The lowest BCUT2D eigenvalue weighted by Crippen LogP contribution is -2.04. The van der Waals surface area contributed by atoms with Gasteiger partial charge < -0.3 is 4.57 Å². The maximum Gasteiger partial charge on any atom is 0.175 e. The second kappa shape index (κ2) is 5.07. The van der Waals surface area contributed by atoms with Crippen LogP contribution in [-0.2, 0) is 11.3 Å². The molecule has 0 aliphatic heterocycles. The molecule has 0 atom stereocenters. The first-order valence-corrected chi connectivity index (χ1v) is 5.06. The fourth-order valence-corrected chi connectivity index (χ4v) is 1.37. The zero-order valence-electron chi connectivity index (χ0n) is 8.78. The molecule has 2 rings (SSSR count). The first-order valence-electron chi connectivity index (χ1n) is 5.06. The van der Waals surface area contributed by atoms with E-state index in [1.165, 1.54) is 0 Å². The lowest BCUT2D eigenvalue weighted by atomic mass is 10.2. The van der Waals surface area contributed by atoms with Gasteiger partial charge in [0.15, 0.2) is 5.78 Å². The Morgan fingerprint density at radius 1 is 1.31 bits per heavy atom. The molecule has 1 heterocycles. The van der Waals surface area contributed by atoms with Crippen molar-refractivity contribution in [2.45, 2.75) is 6.54 Å². The summed E-state index contributed by atoms with van der Waals surface area (Å²) in [5, 5.41) is 0. The number of allylic oxidation sites excluding steroid dienone is 1. The molecule has 0 radical (unpaired) electrons. The van der Waals surface area contributed by atoms with E-state index in [0.29, 0.717) is 6.54 Å². The summed E-state index contributed by atoms with van der Waals surface area (Å²) in [4.78, 5) is 15.4. The van der Waals surface area contributed by atoms with Gasteiger partial charge >= 0.3 is 0 Å². The molecule has 3 nitrogen and oxygen atoms in total. The Balaban J connectivity index is 1.95. The number of ketones is 1. The van der Waals surface area contributed by atoms with E-state index in [2.05, 4.69) is 4.98 Å². The second-order valence-electron chi connectivity index (χ2n) is 3.45. The number of carbonyl (C=O) groups excluding carboxylic acids is 1. The maximum absolute atomic E-state index is 11.5. The largest absolute Gasteiger partial charge is 0.330 e. The lowest BCUT2D eigenvalue weighted by molar-refractivity contribution is -0.115. The molecule has 0 spiro atoms. The van der Waals surface area contributed by atoms with Crippen molar-refractivity contribution in [3.8, 4) is 0 Å². The van der Waals surface area contributed by atoms with Crippen LogP contribution in [0.1, 0.15) is 5.56 Å². The maximum atomic E-state index is 11.5. The molecule has 0 saturated carbocycles. The molecule has 0 fully saturated rings. The molecule has 0 unspecified atom stereocenters. The SMILES string of the molecule is O=C(C=Cc1ccccc1)Cn1ccnc1. The Morgan fingerprint density at radius 3 is 2.81 bits per heavy atom. The van der Waals surface area contributed by atoms with Gasteiger partial charge in [-0.05, 0) is 11.6 Å². The van der Waals surface area contributed by atoms with Gasteiger partial charge in [0.25, 0.3) is 0 Å². The standard InChI is InChI=1S/C13H12N2O/c16-13(10-15-9-8-14-11-15)7-6-12-4-2-1-3-5-12/h1-9,11H,10H2. The van der Waals surface area contributed by atoms with E-state index >= 15 is 0 Å². The summed E-state index contributed by atoms with van der Waals surface area (Å²) >= 11 is 0. The van der Waals surface area contributed by atoms with Gasteiger partial charge in [-0.15, -0.1) is 0 Å². The van der Waals surface area contributed by atoms with Crippen LogP contribution in [0, 0.1) is 0 Å². The van der Waals surface area contributed by atoms with Gasteiger partial charge in [-0.1, -0.05) is 36.4 Å². The lowest BCUT2D eigenvalue weighted by Gasteiger charge is -1.96. The molecular weight excluding hydrogens is 200 g/mol. The summed E-state index contributed by atoms with van der Waals surface area (Å²) in [7, 11) is 0. The Hall–Kier alpha value is -2.16. The van der Waals surface area contributed by atoms with Gasteiger partial charge in [0, 0.05) is 12.4 Å². The Bertz CT molecular complexity index is 472. The topological polar surface area (TPSA) is 34.9 Å². The predicted octanol–water partition coefficient (Wildman–Crippen LogP) is 2.17. The minimum Gasteiger partial charge on any atom is -0.330 e. The number of hydrogen-bond donors (Lipinski definition) is 0. The molecule has 0 amide bonds. The number of nitrogens with zero attached hydrogens (tertiary/aromatic N) is 2. The van der Waals surface area contributed by atoms with Crippen LogP contribution in [0.3, 0.4) is 0 Å². The number of benzene rings is 1. The molecule has 80 valence electrons. The van der Waals surface area contributed by atoms with Crippen molar-refractivity contribution >= 4 is 11.9 Å². The van der Waals surface area contributed by atoms with E-state index in [-0.39, 0.29) is 5.78 Å². The highest BCUT2D eigenvalue weighted by Crippen LogP contribution is 2.01. The molecule has 0 bridgehead atoms. The number of imidazole rings is 1. The summed E-state index contributed by atoms with van der Waals surface area (Å²) < 4.78 is 1.75. The average Bonchev–Trinajstić information content (AvgIpc) is 2.81. The van der Waals surface area contributed by atoms with Crippen LogP contribution >= 0.6 is 0 Å². The van der Waals surface area contributed by atoms with Crippen LogP contribution < -0.4 is 0 Å². The summed E-state index contributed by atoms with van der Waals surface area (Å²) in [5.41, 5.74) is 1.03. The molecule has 0 N–H and O–H groups in total. The first-order chi connectivity index (χ1) is 7.84. The first kappa shape index (κ1) is 10.4. The van der Waals surface area contributed by atoms with Crippen LogP contribution in [0.25, 0.3) is 6.08 Å². The van der Waals surface area contributed by atoms with Crippen molar-refractivity contribution in [3.63, 3.8) is 0 Å². The van der Waals surface area contributed by atoms with Crippen molar-refractivity contribution in [3.05, 3.63) is 60.7 Å². The quantitative estimate of drug-likeness (QED) is 0.728.